The van der Waals surface area contributed by atoms with E-state index in [4.69, 9.17) is 4.52 Å². The van der Waals surface area contributed by atoms with Crippen LogP contribution in [-0.2, 0) is 11.2 Å². The van der Waals surface area contributed by atoms with Crippen LogP contribution in [0.5, 0.6) is 0 Å². The van der Waals surface area contributed by atoms with E-state index in [0.717, 1.165) is 37.3 Å². The third-order valence-electron chi connectivity index (χ3n) is 4.68. The van der Waals surface area contributed by atoms with Gasteiger partial charge in [0.05, 0.1) is 17.0 Å². The van der Waals surface area contributed by atoms with E-state index in [-0.39, 0.29) is 17.2 Å². The highest BCUT2D eigenvalue weighted by Crippen LogP contribution is 2.41. The van der Waals surface area contributed by atoms with Gasteiger partial charge in [-0.15, -0.1) is 11.8 Å². The highest BCUT2D eigenvalue weighted by atomic mass is 32.2. The van der Waals surface area contributed by atoms with E-state index in [9.17, 15) is 4.79 Å². The summed E-state index contributed by atoms with van der Waals surface area (Å²) in [5.41, 5.74) is 3.42. The Morgan fingerprint density at radius 2 is 2.22 bits per heavy atom. The van der Waals surface area contributed by atoms with Crippen molar-refractivity contribution in [2.45, 2.75) is 49.3 Å². The summed E-state index contributed by atoms with van der Waals surface area (Å²) in [6, 6.07) is 8.48. The number of thioether (sulfide) groups is 1. The third kappa shape index (κ3) is 2.67. The van der Waals surface area contributed by atoms with E-state index in [2.05, 4.69) is 30.3 Å². The maximum absolute atomic E-state index is 13.0. The smallest absolute Gasteiger partial charge is 0.237 e. The first-order valence-corrected chi connectivity index (χ1v) is 8.99. The topological polar surface area (TPSA) is 46.3 Å². The Kier molecular flexibility index (Phi) is 3.68. The molecule has 0 bridgehead atoms. The van der Waals surface area contributed by atoms with E-state index >= 15 is 0 Å². The zero-order chi connectivity index (χ0) is 16.0. The lowest BCUT2D eigenvalue weighted by atomic mass is 10.1. The quantitative estimate of drug-likeness (QED) is 0.844. The van der Waals surface area contributed by atoms with Crippen molar-refractivity contribution < 1.29 is 9.32 Å². The molecule has 4 rings (SSSR count). The maximum Gasteiger partial charge on any atom is 0.237 e. The van der Waals surface area contributed by atoms with Crippen LogP contribution in [-0.4, -0.2) is 27.8 Å². The Bertz CT molecular complexity index is 755. The normalized spacial score (nSPS) is 23.3. The first-order chi connectivity index (χ1) is 11.1. The van der Waals surface area contributed by atoms with Crippen LogP contribution in [0, 0.1) is 13.8 Å². The number of fused-ring (bicyclic) bond motifs is 1. The van der Waals surface area contributed by atoms with Crippen molar-refractivity contribution in [3.05, 3.63) is 46.8 Å². The Morgan fingerprint density at radius 1 is 1.35 bits per heavy atom. The van der Waals surface area contributed by atoms with Gasteiger partial charge in [0.1, 0.15) is 0 Å². The van der Waals surface area contributed by atoms with Crippen LogP contribution in [0.4, 0.5) is 0 Å². The number of hydrogen-bond acceptors (Lipinski definition) is 4. The van der Waals surface area contributed by atoms with Gasteiger partial charge in [-0.05, 0) is 44.7 Å². The summed E-state index contributed by atoms with van der Waals surface area (Å²) < 4.78 is 5.42. The summed E-state index contributed by atoms with van der Waals surface area (Å²) in [6.07, 6.45) is 2.82. The summed E-state index contributed by atoms with van der Waals surface area (Å²) >= 11 is 1.71. The number of aryl methyl sites for hydroxylation is 2. The van der Waals surface area contributed by atoms with Gasteiger partial charge in [-0.25, -0.2) is 0 Å². The maximum atomic E-state index is 13.0. The fourth-order valence-corrected chi connectivity index (χ4v) is 4.89. The van der Waals surface area contributed by atoms with Crippen LogP contribution in [0.2, 0.25) is 0 Å². The van der Waals surface area contributed by atoms with Crippen molar-refractivity contribution in [2.75, 3.05) is 6.54 Å². The average molecular weight is 328 g/mol. The molecule has 1 saturated heterocycles. The number of aromatic nitrogens is 1. The van der Waals surface area contributed by atoms with Crippen molar-refractivity contribution in [3.63, 3.8) is 0 Å². The minimum Gasteiger partial charge on any atom is -0.359 e. The molecule has 0 aliphatic carbocycles. The van der Waals surface area contributed by atoms with Gasteiger partial charge in [-0.1, -0.05) is 22.9 Å². The molecule has 2 aliphatic rings. The molecule has 0 spiro atoms. The van der Waals surface area contributed by atoms with Gasteiger partial charge >= 0.3 is 0 Å². The minimum absolute atomic E-state index is 0.00332. The van der Waals surface area contributed by atoms with Gasteiger partial charge in [0.25, 0.3) is 0 Å². The second-order valence-corrected chi connectivity index (χ2v) is 7.73. The molecule has 3 heterocycles. The van der Waals surface area contributed by atoms with Gasteiger partial charge in [-0.2, -0.15) is 0 Å². The highest BCUT2D eigenvalue weighted by molar-refractivity contribution is 8.01. The van der Waals surface area contributed by atoms with E-state index < -0.39 is 0 Å². The number of rotatable bonds is 2. The lowest BCUT2D eigenvalue weighted by Gasteiger charge is -2.25. The summed E-state index contributed by atoms with van der Waals surface area (Å²) in [6.45, 7) is 4.83. The first-order valence-electron chi connectivity index (χ1n) is 8.12. The molecule has 1 amide bonds. The van der Waals surface area contributed by atoms with Gasteiger partial charge in [0.15, 0.2) is 5.76 Å². The second-order valence-electron chi connectivity index (χ2n) is 6.48. The summed E-state index contributed by atoms with van der Waals surface area (Å²) in [5.74, 6) is 1.06. The molecule has 2 atom stereocenters. The minimum atomic E-state index is -0.00332. The molecule has 0 saturated carbocycles. The molecule has 0 unspecified atom stereocenters. The van der Waals surface area contributed by atoms with Crippen LogP contribution in [0.3, 0.4) is 0 Å². The fraction of sp³-hybridized carbons (Fsp3) is 0.444. The predicted octanol–water partition coefficient (Wildman–Crippen LogP) is 3.67. The van der Waals surface area contributed by atoms with Crippen LogP contribution in [0.25, 0.3) is 0 Å². The molecule has 2 aromatic rings. The molecule has 1 fully saturated rings. The molecule has 120 valence electrons. The van der Waals surface area contributed by atoms with Crippen molar-refractivity contribution in [1.82, 2.24) is 10.1 Å². The summed E-state index contributed by atoms with van der Waals surface area (Å²) in [7, 11) is 0. The lowest BCUT2D eigenvalue weighted by Crippen LogP contribution is -2.37. The fourth-order valence-electron chi connectivity index (χ4n) is 3.52. The first kappa shape index (κ1) is 14.8. The van der Waals surface area contributed by atoms with Gasteiger partial charge in [-0.3, -0.25) is 4.79 Å². The Hall–Kier alpha value is -1.75. The molecule has 1 aromatic carbocycles. The van der Waals surface area contributed by atoms with Crippen molar-refractivity contribution in [2.24, 2.45) is 0 Å². The van der Waals surface area contributed by atoms with Gasteiger partial charge in [0, 0.05) is 17.5 Å². The average Bonchev–Trinajstić information content (AvgIpc) is 3.23. The molecular formula is C18H20N2O2S. The van der Waals surface area contributed by atoms with E-state index in [1.54, 1.807) is 11.8 Å². The van der Waals surface area contributed by atoms with Crippen LogP contribution < -0.4 is 0 Å². The third-order valence-corrected chi connectivity index (χ3v) is 5.97. The zero-order valence-corrected chi connectivity index (χ0v) is 14.2. The number of carbonyl (C=O) groups is 1. The predicted molar refractivity (Wildman–Crippen MR) is 89.5 cm³/mol. The number of likely N-dealkylation sites (tertiary alicyclic amines) is 1. The Balaban J connectivity index is 1.53. The van der Waals surface area contributed by atoms with E-state index in [1.165, 1.54) is 16.0 Å². The largest absolute Gasteiger partial charge is 0.359 e. The molecule has 23 heavy (non-hydrogen) atoms. The van der Waals surface area contributed by atoms with Gasteiger partial charge < -0.3 is 9.42 Å². The van der Waals surface area contributed by atoms with Crippen LogP contribution in [0.15, 0.2) is 33.7 Å². The Labute approximate surface area is 140 Å². The second kappa shape index (κ2) is 5.71. The van der Waals surface area contributed by atoms with Crippen LogP contribution in [0.1, 0.15) is 41.5 Å². The van der Waals surface area contributed by atoms with Gasteiger partial charge in [0.2, 0.25) is 5.91 Å². The Morgan fingerprint density at radius 3 is 3.00 bits per heavy atom. The van der Waals surface area contributed by atoms with Crippen LogP contribution >= 0.6 is 11.8 Å². The van der Waals surface area contributed by atoms with Crippen molar-refractivity contribution in [1.29, 1.82) is 0 Å². The molecule has 4 nitrogen and oxygen atoms in total. The summed E-state index contributed by atoms with van der Waals surface area (Å²) in [5, 5.41) is 3.97. The van der Waals surface area contributed by atoms with Crippen molar-refractivity contribution in [3.8, 4) is 0 Å². The highest BCUT2D eigenvalue weighted by Gasteiger charge is 2.38. The summed E-state index contributed by atoms with van der Waals surface area (Å²) in [4.78, 5) is 16.3. The molecule has 5 heteroatoms. The molecule has 0 N–H and O–H groups in total. The number of amides is 1. The molecule has 2 aliphatic heterocycles. The standard InChI is InChI=1S/C18H20N2O2S/c1-11-5-6-13-10-17(23-16(13)8-11)18(21)20-7-3-4-14(20)15-9-12(2)19-22-15/h5-6,8-9,14,17H,3-4,7,10H2,1-2H3/t14-,17+/m0/s1. The molecular weight excluding hydrogens is 308 g/mol. The SMILES string of the molecule is Cc1ccc2c(c1)S[C@@H](C(=O)N1CCC[C@H]1c1cc(C)no1)C2. The molecule has 1 aromatic heterocycles. The zero-order valence-electron chi connectivity index (χ0n) is 13.4. The lowest BCUT2D eigenvalue weighted by molar-refractivity contribution is -0.131. The number of carbonyl (C=O) groups excluding carboxylic acids is 1. The number of hydrogen-bond donors (Lipinski definition) is 0. The van der Waals surface area contributed by atoms with E-state index in [1.807, 2.05) is 17.9 Å². The number of nitrogens with zero attached hydrogens (tertiary/aromatic N) is 2. The van der Waals surface area contributed by atoms with E-state index in [0.29, 0.717) is 0 Å². The monoisotopic (exact) mass is 328 g/mol. The number of benzene rings is 1. The van der Waals surface area contributed by atoms with Crippen molar-refractivity contribution >= 4 is 17.7 Å². The molecule has 0 radical (unpaired) electrons.